The molecular weight excluding hydrogens is 344 g/mol. The number of ether oxygens (including phenoxy) is 1. The van der Waals surface area contributed by atoms with Gasteiger partial charge in [0.15, 0.2) is 18.2 Å². The molecule has 2 rings (SSSR count). The Labute approximate surface area is 149 Å². The summed E-state index contributed by atoms with van der Waals surface area (Å²) >= 11 is 0. The van der Waals surface area contributed by atoms with E-state index in [0.29, 0.717) is 11.4 Å². The van der Waals surface area contributed by atoms with E-state index < -0.39 is 17.5 Å². The Morgan fingerprint density at radius 3 is 2.50 bits per heavy atom. The average molecular weight is 363 g/mol. The van der Waals surface area contributed by atoms with E-state index in [1.165, 1.54) is 11.0 Å². The van der Waals surface area contributed by atoms with Crippen LogP contribution in [0.5, 0.6) is 5.75 Å². The number of hydrogen-bond acceptors (Lipinski definition) is 4. The summed E-state index contributed by atoms with van der Waals surface area (Å²) in [7, 11) is 3.27. The van der Waals surface area contributed by atoms with Crippen molar-refractivity contribution in [3.63, 3.8) is 0 Å². The first-order valence-corrected chi connectivity index (χ1v) is 7.77. The van der Waals surface area contributed by atoms with Crippen LogP contribution in [0.2, 0.25) is 0 Å². The van der Waals surface area contributed by atoms with Crippen molar-refractivity contribution >= 4 is 23.2 Å². The summed E-state index contributed by atoms with van der Waals surface area (Å²) in [6, 6.07) is 9.89. The lowest BCUT2D eigenvalue weighted by molar-refractivity contribution is -0.130. The van der Waals surface area contributed by atoms with Gasteiger partial charge in [-0.2, -0.15) is 0 Å². The van der Waals surface area contributed by atoms with Crippen LogP contribution in [0, 0.1) is 11.6 Å². The lowest BCUT2D eigenvalue weighted by atomic mass is 10.3. The van der Waals surface area contributed by atoms with Crippen LogP contribution in [0.1, 0.15) is 0 Å². The molecule has 2 N–H and O–H groups in total. The average Bonchev–Trinajstić information content (AvgIpc) is 2.61. The zero-order valence-electron chi connectivity index (χ0n) is 14.4. The molecular formula is C18H19F2N3O3. The molecule has 0 saturated carbocycles. The molecule has 0 spiro atoms. The number of amides is 2. The molecule has 2 aromatic carbocycles. The Bertz CT molecular complexity index is 797. The maximum Gasteiger partial charge on any atom is 0.259 e. The first-order valence-electron chi connectivity index (χ1n) is 7.77. The summed E-state index contributed by atoms with van der Waals surface area (Å²) in [6.45, 7) is -0.174. The lowest BCUT2D eigenvalue weighted by Gasteiger charge is -2.12. The highest BCUT2D eigenvalue weighted by atomic mass is 19.2. The molecule has 8 heteroatoms. The number of nitrogens with zero attached hydrogens (tertiary/aromatic N) is 1. The number of likely N-dealkylation sites (N-methyl/N-ethyl adjacent to an activating group) is 1. The van der Waals surface area contributed by atoms with Crippen LogP contribution in [-0.4, -0.2) is 44.0 Å². The summed E-state index contributed by atoms with van der Waals surface area (Å²) in [5.74, 6) is -2.14. The molecule has 0 aliphatic rings. The van der Waals surface area contributed by atoms with E-state index in [1.807, 2.05) is 0 Å². The third-order valence-electron chi connectivity index (χ3n) is 3.35. The largest absolute Gasteiger partial charge is 0.484 e. The van der Waals surface area contributed by atoms with Crippen LogP contribution in [-0.2, 0) is 9.59 Å². The first-order chi connectivity index (χ1) is 12.3. The molecule has 0 saturated heterocycles. The Morgan fingerprint density at radius 1 is 1.04 bits per heavy atom. The number of carbonyl (C=O) groups is 2. The fraction of sp³-hybridized carbons (Fsp3) is 0.222. The number of rotatable bonds is 7. The van der Waals surface area contributed by atoms with Crippen molar-refractivity contribution in [1.82, 2.24) is 4.90 Å². The second-order valence-corrected chi connectivity index (χ2v) is 5.64. The van der Waals surface area contributed by atoms with Gasteiger partial charge in [-0.15, -0.1) is 0 Å². The third kappa shape index (κ3) is 5.73. The van der Waals surface area contributed by atoms with Gasteiger partial charge in [0.1, 0.15) is 5.75 Å². The van der Waals surface area contributed by atoms with Gasteiger partial charge in [0.05, 0.1) is 6.54 Å². The molecule has 0 aliphatic heterocycles. The van der Waals surface area contributed by atoms with E-state index in [-0.39, 0.29) is 24.7 Å². The number of carbonyl (C=O) groups excluding carboxylic acids is 2. The van der Waals surface area contributed by atoms with E-state index in [0.717, 1.165) is 12.1 Å². The minimum atomic E-state index is -1.03. The molecule has 2 amide bonds. The van der Waals surface area contributed by atoms with Crippen molar-refractivity contribution in [3.05, 3.63) is 54.1 Å². The van der Waals surface area contributed by atoms with E-state index in [9.17, 15) is 18.4 Å². The molecule has 0 heterocycles. The standard InChI is InChI=1S/C18H19F2N3O3/c1-23(2)18(25)11-26-14-5-3-4-12(8-14)21-10-17(24)22-13-6-7-15(19)16(20)9-13/h3-9,21H,10-11H2,1-2H3,(H,22,24). The van der Waals surface area contributed by atoms with Crippen LogP contribution in [0.4, 0.5) is 20.2 Å². The topological polar surface area (TPSA) is 70.7 Å². The number of hydrogen-bond donors (Lipinski definition) is 2. The van der Waals surface area contributed by atoms with Gasteiger partial charge in [0.2, 0.25) is 5.91 Å². The van der Waals surface area contributed by atoms with Crippen LogP contribution in [0.15, 0.2) is 42.5 Å². The molecule has 26 heavy (non-hydrogen) atoms. The molecule has 138 valence electrons. The van der Waals surface area contributed by atoms with Crippen molar-refractivity contribution in [1.29, 1.82) is 0 Å². The summed E-state index contributed by atoms with van der Waals surface area (Å²) in [4.78, 5) is 24.8. The molecule has 0 fully saturated rings. The maximum absolute atomic E-state index is 13.1. The van der Waals surface area contributed by atoms with Gasteiger partial charge >= 0.3 is 0 Å². The van der Waals surface area contributed by atoms with Crippen molar-refractivity contribution in [2.75, 3.05) is 37.9 Å². The second-order valence-electron chi connectivity index (χ2n) is 5.64. The second kappa shape index (κ2) is 8.80. The Morgan fingerprint density at radius 2 is 1.81 bits per heavy atom. The Hall–Kier alpha value is -3.16. The highest BCUT2D eigenvalue weighted by Gasteiger charge is 2.08. The summed E-state index contributed by atoms with van der Waals surface area (Å²) in [5.41, 5.74) is 0.773. The summed E-state index contributed by atoms with van der Waals surface area (Å²) < 4.78 is 31.4. The molecule has 0 unspecified atom stereocenters. The van der Waals surface area contributed by atoms with Gasteiger partial charge in [-0.3, -0.25) is 9.59 Å². The van der Waals surface area contributed by atoms with Crippen LogP contribution >= 0.6 is 0 Å². The van der Waals surface area contributed by atoms with E-state index >= 15 is 0 Å². The molecule has 6 nitrogen and oxygen atoms in total. The molecule has 2 aromatic rings. The molecule has 0 bridgehead atoms. The monoisotopic (exact) mass is 363 g/mol. The van der Waals surface area contributed by atoms with Crippen molar-refractivity contribution < 1.29 is 23.1 Å². The minimum Gasteiger partial charge on any atom is -0.484 e. The predicted molar refractivity (Wildman–Crippen MR) is 94.1 cm³/mol. The van der Waals surface area contributed by atoms with Gasteiger partial charge in [0, 0.05) is 37.6 Å². The zero-order chi connectivity index (χ0) is 19.1. The summed E-state index contributed by atoms with van der Waals surface area (Å²) in [6.07, 6.45) is 0. The van der Waals surface area contributed by atoms with E-state index in [2.05, 4.69) is 10.6 Å². The van der Waals surface area contributed by atoms with Crippen molar-refractivity contribution in [3.8, 4) is 5.75 Å². The summed E-state index contributed by atoms with van der Waals surface area (Å²) in [5, 5.41) is 5.34. The minimum absolute atomic E-state index is 0.0842. The van der Waals surface area contributed by atoms with Gasteiger partial charge in [-0.05, 0) is 24.3 Å². The van der Waals surface area contributed by atoms with Crippen molar-refractivity contribution in [2.24, 2.45) is 0 Å². The van der Waals surface area contributed by atoms with Gasteiger partial charge in [0.25, 0.3) is 5.91 Å². The van der Waals surface area contributed by atoms with Crippen LogP contribution < -0.4 is 15.4 Å². The lowest BCUT2D eigenvalue weighted by Crippen LogP contribution is -2.27. The molecule has 0 aromatic heterocycles. The van der Waals surface area contributed by atoms with Crippen molar-refractivity contribution in [2.45, 2.75) is 0 Å². The van der Waals surface area contributed by atoms with Crippen LogP contribution in [0.3, 0.4) is 0 Å². The Balaban J connectivity index is 1.86. The SMILES string of the molecule is CN(C)C(=O)COc1cccc(NCC(=O)Nc2ccc(F)c(F)c2)c1. The third-order valence-corrected chi connectivity index (χ3v) is 3.35. The number of benzene rings is 2. The fourth-order valence-corrected chi connectivity index (χ4v) is 1.93. The number of nitrogens with one attached hydrogen (secondary N) is 2. The fourth-order valence-electron chi connectivity index (χ4n) is 1.93. The predicted octanol–water partition coefficient (Wildman–Crippen LogP) is 2.48. The quantitative estimate of drug-likeness (QED) is 0.793. The number of anilines is 2. The Kier molecular flexibility index (Phi) is 6.48. The highest BCUT2D eigenvalue weighted by molar-refractivity contribution is 5.93. The molecule has 0 atom stereocenters. The molecule has 0 aliphatic carbocycles. The van der Waals surface area contributed by atoms with Gasteiger partial charge in [-0.25, -0.2) is 8.78 Å². The van der Waals surface area contributed by atoms with Crippen LogP contribution in [0.25, 0.3) is 0 Å². The normalized spacial score (nSPS) is 10.2. The zero-order valence-corrected chi connectivity index (χ0v) is 14.4. The first kappa shape index (κ1) is 19.2. The van der Waals surface area contributed by atoms with Gasteiger partial charge < -0.3 is 20.3 Å². The van der Waals surface area contributed by atoms with E-state index in [4.69, 9.17) is 4.74 Å². The highest BCUT2D eigenvalue weighted by Crippen LogP contribution is 2.17. The molecule has 0 radical (unpaired) electrons. The maximum atomic E-state index is 13.1. The smallest absolute Gasteiger partial charge is 0.259 e. The number of halogens is 2. The van der Waals surface area contributed by atoms with E-state index in [1.54, 1.807) is 38.4 Å². The van der Waals surface area contributed by atoms with Gasteiger partial charge in [-0.1, -0.05) is 6.07 Å².